The van der Waals surface area contributed by atoms with Gasteiger partial charge in [-0.25, -0.2) is 4.79 Å². The summed E-state index contributed by atoms with van der Waals surface area (Å²) in [5.74, 6) is -1.55. The second kappa shape index (κ2) is 27.8. The third-order valence-corrected chi connectivity index (χ3v) is 6.99. The summed E-state index contributed by atoms with van der Waals surface area (Å²) in [5.41, 5.74) is 0. The van der Waals surface area contributed by atoms with Crippen LogP contribution in [0.5, 0.6) is 0 Å². The molecule has 0 aromatic carbocycles. The Morgan fingerprint density at radius 3 is 1.86 bits per heavy atom. The van der Waals surface area contributed by atoms with Crippen molar-refractivity contribution in [2.24, 2.45) is 0 Å². The summed E-state index contributed by atoms with van der Waals surface area (Å²) in [6.45, 7) is 4.45. The molecule has 0 saturated carbocycles. The van der Waals surface area contributed by atoms with Crippen LogP contribution in [0.3, 0.4) is 0 Å². The second-order valence-electron chi connectivity index (χ2n) is 12.0. The first-order valence-corrected chi connectivity index (χ1v) is 16.7. The van der Waals surface area contributed by atoms with Gasteiger partial charge in [0.15, 0.2) is 12.1 Å². The number of carbonyl (C=O) groups excluding carboxylic acids is 2. The van der Waals surface area contributed by atoms with E-state index in [2.05, 4.69) is 62.5 Å². The van der Waals surface area contributed by atoms with Crippen molar-refractivity contribution in [3.8, 4) is 0 Å². The molecule has 0 aliphatic rings. The summed E-state index contributed by atoms with van der Waals surface area (Å²) in [7, 11) is 5.48. The lowest BCUT2D eigenvalue weighted by atomic mass is 10.1. The number of unbranched alkanes of at least 4 members (excludes halogenated alkanes) is 6. The van der Waals surface area contributed by atoms with E-state index in [0.29, 0.717) is 19.3 Å². The van der Waals surface area contributed by atoms with E-state index in [9.17, 15) is 19.5 Å². The van der Waals surface area contributed by atoms with E-state index in [4.69, 9.17) is 14.2 Å². The van der Waals surface area contributed by atoms with Crippen LogP contribution in [0.1, 0.15) is 110 Å². The molecule has 8 nitrogen and oxygen atoms in total. The quantitative estimate of drug-likeness (QED) is 0.0413. The minimum Gasteiger partial charge on any atom is -0.477 e. The van der Waals surface area contributed by atoms with Crippen LogP contribution < -0.4 is 0 Å². The van der Waals surface area contributed by atoms with Gasteiger partial charge in [0.1, 0.15) is 6.61 Å². The number of carboxylic acid groups (broad SMARTS) is 1. The van der Waals surface area contributed by atoms with E-state index in [1.54, 1.807) is 0 Å². The maximum atomic E-state index is 12.5. The second-order valence-corrected chi connectivity index (χ2v) is 12.0. The zero-order chi connectivity index (χ0) is 32.9. The first-order chi connectivity index (χ1) is 21.1. The number of rotatable bonds is 28. The first-order valence-electron chi connectivity index (χ1n) is 16.7. The lowest BCUT2D eigenvalue weighted by Gasteiger charge is -2.31. The Bertz CT molecular complexity index is 870. The fourth-order valence-corrected chi connectivity index (χ4v) is 4.37. The maximum Gasteiger partial charge on any atom is 0.362 e. The number of carbonyl (C=O) groups is 3. The van der Waals surface area contributed by atoms with E-state index in [0.717, 1.165) is 70.6 Å². The first kappa shape index (κ1) is 41.3. The van der Waals surface area contributed by atoms with Gasteiger partial charge in [-0.3, -0.25) is 9.59 Å². The molecular weight excluding hydrogens is 558 g/mol. The molecule has 0 heterocycles. The summed E-state index contributed by atoms with van der Waals surface area (Å²) in [6.07, 6.45) is 29.1. The minimum atomic E-state index is -0.887. The van der Waals surface area contributed by atoms with Gasteiger partial charge in [-0.1, -0.05) is 88.1 Å². The predicted molar refractivity (Wildman–Crippen MR) is 178 cm³/mol. The summed E-state index contributed by atoms with van der Waals surface area (Å²) < 4.78 is 17.0. The van der Waals surface area contributed by atoms with Crippen molar-refractivity contribution in [3.05, 3.63) is 48.6 Å². The summed E-state index contributed by atoms with van der Waals surface area (Å²) >= 11 is 0. The van der Waals surface area contributed by atoms with Gasteiger partial charge >= 0.3 is 17.9 Å². The average molecular weight is 621 g/mol. The van der Waals surface area contributed by atoms with Gasteiger partial charge in [-0.05, 0) is 51.4 Å². The zero-order valence-corrected chi connectivity index (χ0v) is 28.3. The molecule has 0 spiro atoms. The van der Waals surface area contributed by atoms with Gasteiger partial charge in [0.05, 0.1) is 34.4 Å². The fourth-order valence-electron chi connectivity index (χ4n) is 4.37. The van der Waals surface area contributed by atoms with Gasteiger partial charge in [0.25, 0.3) is 0 Å². The Morgan fingerprint density at radius 2 is 1.27 bits per heavy atom. The molecule has 1 N–H and O–H groups in total. The number of aliphatic carboxylic acids is 1. The van der Waals surface area contributed by atoms with Gasteiger partial charge < -0.3 is 23.8 Å². The molecule has 0 radical (unpaired) electrons. The van der Waals surface area contributed by atoms with Crippen LogP contribution >= 0.6 is 0 Å². The highest BCUT2D eigenvalue weighted by atomic mass is 16.6. The summed E-state index contributed by atoms with van der Waals surface area (Å²) in [5, 5.41) is 9.52. The number of ether oxygens (including phenoxy) is 3. The van der Waals surface area contributed by atoms with E-state index in [1.165, 1.54) is 0 Å². The third-order valence-electron chi connectivity index (χ3n) is 6.99. The van der Waals surface area contributed by atoms with Crippen LogP contribution in [0.15, 0.2) is 48.6 Å². The lowest BCUT2D eigenvalue weighted by Crippen LogP contribution is -2.50. The maximum absolute atomic E-state index is 12.5. The van der Waals surface area contributed by atoms with Crippen molar-refractivity contribution in [1.82, 2.24) is 0 Å². The van der Waals surface area contributed by atoms with E-state index in [1.807, 2.05) is 21.1 Å². The van der Waals surface area contributed by atoms with E-state index in [-0.39, 0.29) is 42.7 Å². The highest BCUT2D eigenvalue weighted by Crippen LogP contribution is 2.11. The number of quaternary nitrogens is 1. The van der Waals surface area contributed by atoms with Crippen LogP contribution in [-0.4, -0.2) is 80.6 Å². The molecule has 0 aromatic heterocycles. The third kappa shape index (κ3) is 25.8. The fraction of sp³-hybridized carbons (Fsp3) is 0.694. The summed E-state index contributed by atoms with van der Waals surface area (Å²) in [4.78, 5) is 36.4. The van der Waals surface area contributed by atoms with Crippen molar-refractivity contribution >= 4 is 17.9 Å². The molecule has 8 heteroatoms. The number of likely N-dealkylation sites (N-methyl/N-ethyl adjacent to an activating group) is 1. The average Bonchev–Trinajstić information content (AvgIpc) is 2.96. The molecule has 0 amide bonds. The van der Waals surface area contributed by atoms with Crippen LogP contribution in [0, 0.1) is 0 Å². The normalized spacial score (nSPS) is 13.8. The smallest absolute Gasteiger partial charge is 0.362 e. The van der Waals surface area contributed by atoms with Crippen molar-refractivity contribution in [1.29, 1.82) is 0 Å². The van der Waals surface area contributed by atoms with Gasteiger partial charge in [0, 0.05) is 19.3 Å². The SMILES string of the molecule is CC/C=C\C/C=C\C/C=C\C/C=C\CCCCC(=O)OC(COCCC(C(=O)O)[N+](C)(C)C)COC(=O)CCCCCCC. The monoisotopic (exact) mass is 620 g/mol. The molecule has 44 heavy (non-hydrogen) atoms. The molecule has 2 unspecified atom stereocenters. The predicted octanol–water partition coefficient (Wildman–Crippen LogP) is 7.73. The number of hydrogen-bond donors (Lipinski definition) is 1. The molecule has 252 valence electrons. The van der Waals surface area contributed by atoms with Crippen molar-refractivity contribution in [2.45, 2.75) is 122 Å². The molecular formula is C36H62NO7+. The van der Waals surface area contributed by atoms with Gasteiger partial charge in [-0.15, -0.1) is 0 Å². The van der Waals surface area contributed by atoms with E-state index < -0.39 is 18.1 Å². The van der Waals surface area contributed by atoms with Crippen LogP contribution in [-0.2, 0) is 28.6 Å². The molecule has 0 aromatic rings. The van der Waals surface area contributed by atoms with Crippen LogP contribution in [0.4, 0.5) is 0 Å². The Morgan fingerprint density at radius 1 is 0.705 bits per heavy atom. The number of esters is 2. The molecule has 0 rings (SSSR count). The van der Waals surface area contributed by atoms with Crippen LogP contribution in [0.25, 0.3) is 0 Å². The van der Waals surface area contributed by atoms with Gasteiger partial charge in [0.2, 0.25) is 0 Å². The highest BCUT2D eigenvalue weighted by Gasteiger charge is 2.31. The molecule has 0 aliphatic heterocycles. The lowest BCUT2D eigenvalue weighted by molar-refractivity contribution is -0.887. The van der Waals surface area contributed by atoms with Gasteiger partial charge in [-0.2, -0.15) is 0 Å². The largest absolute Gasteiger partial charge is 0.477 e. The number of hydrogen-bond acceptors (Lipinski definition) is 6. The summed E-state index contributed by atoms with van der Waals surface area (Å²) in [6, 6.07) is -0.619. The highest BCUT2D eigenvalue weighted by molar-refractivity contribution is 5.72. The van der Waals surface area contributed by atoms with Crippen LogP contribution in [0.2, 0.25) is 0 Å². The topological polar surface area (TPSA) is 99.1 Å². The Hall–Kier alpha value is -2.71. The van der Waals surface area contributed by atoms with Crippen molar-refractivity contribution in [2.75, 3.05) is 41.0 Å². The van der Waals surface area contributed by atoms with Crippen molar-refractivity contribution < 1.29 is 38.2 Å². The molecule has 0 bridgehead atoms. The number of allylic oxidation sites excluding steroid dienone is 8. The zero-order valence-electron chi connectivity index (χ0n) is 28.3. The minimum absolute atomic E-state index is 0.0426. The molecule has 0 aliphatic carbocycles. The van der Waals surface area contributed by atoms with E-state index >= 15 is 0 Å². The Balaban J connectivity index is 4.50. The standard InChI is InChI=1S/C36H61NO7/c1-6-8-10-12-13-14-15-16-17-18-19-20-21-23-25-27-35(39)44-32(31-43-34(38)26-24-22-11-9-7-2)30-42-29-28-33(36(40)41)37(3,4)5/h8,10,13-14,16-17,19-20,32-33H,6-7,9,11-12,15,18,21-31H2,1-5H3/p+1/b10-8-,14-13-,17-16-,20-19-. The van der Waals surface area contributed by atoms with Crippen molar-refractivity contribution in [3.63, 3.8) is 0 Å². The number of nitrogens with zero attached hydrogens (tertiary/aromatic N) is 1. The Kier molecular flexibility index (Phi) is 26.1. The Labute approximate surface area is 267 Å². The number of carboxylic acids is 1. The molecule has 2 atom stereocenters. The molecule has 0 fully saturated rings. The molecule has 0 saturated heterocycles.